The van der Waals surface area contributed by atoms with Crippen LogP contribution in [0, 0.1) is 48.3 Å². The van der Waals surface area contributed by atoms with Crippen LogP contribution in [0.3, 0.4) is 0 Å². The molecule has 2 N–H and O–H groups in total. The van der Waals surface area contributed by atoms with Gasteiger partial charge in [0.25, 0.3) is 20.0 Å². The van der Waals surface area contributed by atoms with Crippen LogP contribution in [0.15, 0.2) is 108 Å². The summed E-state index contributed by atoms with van der Waals surface area (Å²) < 4.78 is 59.7. The number of hydrogen-bond acceptors (Lipinski definition) is 13. The molecule has 0 saturated carbocycles. The number of aliphatic carboxylic acids is 1. The number of imidazole rings is 2. The molecule has 2 aliphatic rings. The molecule has 0 spiro atoms. The molecule has 0 aliphatic carbocycles. The van der Waals surface area contributed by atoms with Gasteiger partial charge in [0, 0.05) is 93.3 Å². The Labute approximate surface area is 423 Å². The Morgan fingerprint density at radius 1 is 0.644 bits per heavy atom. The van der Waals surface area contributed by atoms with Crippen molar-refractivity contribution < 1.29 is 31.5 Å². The lowest BCUT2D eigenvalue weighted by Crippen LogP contribution is -2.28. The van der Waals surface area contributed by atoms with Gasteiger partial charge in [-0.2, -0.15) is 10.5 Å². The highest BCUT2D eigenvalue weighted by Gasteiger charge is 2.37. The van der Waals surface area contributed by atoms with E-state index in [0.717, 1.165) is 59.6 Å². The third-order valence-corrected chi connectivity index (χ3v) is 17.1. The first-order valence-corrected chi connectivity index (χ1v) is 27.3. The number of unbranched alkanes of at least 4 members (excludes halogenated alkanes) is 2. The summed E-state index contributed by atoms with van der Waals surface area (Å²) in [7, 11) is -7.55. The van der Waals surface area contributed by atoms with E-state index in [1.807, 2.05) is 47.7 Å². The Balaban J connectivity index is 0.000000172. The summed E-state index contributed by atoms with van der Waals surface area (Å²) in [5.74, 6) is 0.440. The number of carbonyl (C=O) groups is 2. The molecule has 4 atom stereocenters. The van der Waals surface area contributed by atoms with E-state index in [4.69, 9.17) is 15.6 Å². The standard InChI is InChI=1S/C26H28N6O3S.C21H23N5O2S.C5H7NO2/c1-3-19-16-30(25(33)6-4-5-12-27)17-21(19)23-14-28-24-15-29-26-22(32(23)24)11-13-31(26)36(34,35)20-9-7-18(2)8-10-20;1-3-15-10-22-11-17(15)19-12-23-20-13-24-21-18(26(19)20)8-9-25(21)29(27,28)16-6-4-14(2)5-7-16;6-4-2-1-3-5(7)8/h7-11,13-15,19,21H,3-6,16-17H2,1-2H3;4-9,12-13,15,17,22H,3,10-11H2,1-2H3;1-3H2,(H,7,8)/t19-,21+;15-,17+;/m11./s1. The molecule has 0 bridgehead atoms. The molecule has 8 heterocycles. The fraction of sp³-hybridized carbons (Fsp3) is 0.385. The minimum atomic E-state index is -3.82. The van der Waals surface area contributed by atoms with Gasteiger partial charge in [-0.05, 0) is 81.5 Å². The molecule has 0 radical (unpaired) electrons. The van der Waals surface area contributed by atoms with Gasteiger partial charge in [-0.3, -0.25) is 18.4 Å². The first-order chi connectivity index (χ1) is 35.1. The number of carbonyl (C=O) groups excluding carboxylic acids is 1. The number of amides is 1. The van der Waals surface area contributed by atoms with Crippen molar-refractivity contribution in [3.8, 4) is 12.1 Å². The van der Waals surface area contributed by atoms with Crippen molar-refractivity contribution in [2.75, 3.05) is 26.2 Å². The highest BCUT2D eigenvalue weighted by atomic mass is 32.2. The van der Waals surface area contributed by atoms with E-state index >= 15 is 0 Å². The zero-order chi connectivity index (χ0) is 52.0. The molecule has 21 heteroatoms. The van der Waals surface area contributed by atoms with Crippen LogP contribution in [-0.4, -0.2) is 102 Å². The maximum atomic E-state index is 13.4. The van der Waals surface area contributed by atoms with Crippen molar-refractivity contribution in [1.29, 1.82) is 10.5 Å². The molecular formula is C52H58N12O7S2. The van der Waals surface area contributed by atoms with Gasteiger partial charge in [0.15, 0.2) is 22.6 Å². The van der Waals surface area contributed by atoms with Crippen LogP contribution in [0.4, 0.5) is 0 Å². The number of nitrogens with zero attached hydrogens (tertiary/aromatic N) is 11. The molecule has 73 heavy (non-hydrogen) atoms. The highest BCUT2D eigenvalue weighted by Crippen LogP contribution is 2.37. The minimum absolute atomic E-state index is 0.0626. The fourth-order valence-corrected chi connectivity index (χ4v) is 12.4. The van der Waals surface area contributed by atoms with Crippen LogP contribution in [0.2, 0.25) is 0 Å². The van der Waals surface area contributed by atoms with Gasteiger partial charge in [0.2, 0.25) is 5.91 Å². The first kappa shape index (κ1) is 51.9. The van der Waals surface area contributed by atoms with Gasteiger partial charge in [-0.25, -0.2) is 44.7 Å². The van der Waals surface area contributed by atoms with Gasteiger partial charge in [-0.15, -0.1) is 0 Å². The van der Waals surface area contributed by atoms with Crippen LogP contribution in [0.1, 0.15) is 99.6 Å². The van der Waals surface area contributed by atoms with E-state index in [0.29, 0.717) is 79.5 Å². The summed E-state index contributed by atoms with van der Waals surface area (Å²) in [6, 6.07) is 21.1. The van der Waals surface area contributed by atoms with Crippen molar-refractivity contribution in [3.63, 3.8) is 0 Å². The average Bonchev–Trinajstić information content (AvgIpc) is 4.25. The van der Waals surface area contributed by atoms with Crippen LogP contribution in [-0.2, 0) is 29.6 Å². The number of nitriles is 2. The molecule has 2 aliphatic heterocycles. The zero-order valence-corrected chi connectivity index (χ0v) is 42.8. The quantitative estimate of drug-likeness (QED) is 0.0996. The number of carboxylic acid groups (broad SMARTS) is 1. The van der Waals surface area contributed by atoms with Crippen molar-refractivity contribution >= 4 is 65.5 Å². The maximum absolute atomic E-state index is 13.4. The van der Waals surface area contributed by atoms with Crippen molar-refractivity contribution in [2.45, 2.75) is 101 Å². The van der Waals surface area contributed by atoms with Gasteiger partial charge in [-0.1, -0.05) is 62.1 Å². The Kier molecular flexibility index (Phi) is 15.7. The van der Waals surface area contributed by atoms with Gasteiger partial charge >= 0.3 is 5.97 Å². The second-order valence-corrected chi connectivity index (χ2v) is 22.1. The van der Waals surface area contributed by atoms with Gasteiger partial charge < -0.3 is 15.3 Å². The number of likely N-dealkylation sites (tertiary alicyclic amines) is 1. The molecule has 0 unspecified atom stereocenters. The molecule has 2 saturated heterocycles. The molecule has 10 rings (SSSR count). The molecule has 8 aromatic rings. The van der Waals surface area contributed by atoms with E-state index in [2.05, 4.69) is 49.6 Å². The number of rotatable bonds is 14. The van der Waals surface area contributed by atoms with Crippen LogP contribution < -0.4 is 5.32 Å². The number of hydrogen-bond donors (Lipinski definition) is 2. The Morgan fingerprint density at radius 3 is 1.59 bits per heavy atom. The summed E-state index contributed by atoms with van der Waals surface area (Å²) >= 11 is 0. The summed E-state index contributed by atoms with van der Waals surface area (Å²) in [5.41, 5.74) is 7.58. The summed E-state index contributed by atoms with van der Waals surface area (Å²) in [6.45, 7) is 11.3. The molecule has 380 valence electrons. The van der Waals surface area contributed by atoms with E-state index in [1.165, 1.54) is 14.1 Å². The van der Waals surface area contributed by atoms with E-state index in [1.54, 1.807) is 73.2 Å². The van der Waals surface area contributed by atoms with E-state index in [-0.39, 0.29) is 34.0 Å². The fourth-order valence-electron chi connectivity index (χ4n) is 9.78. The minimum Gasteiger partial charge on any atom is -0.481 e. The third kappa shape index (κ3) is 10.6. The van der Waals surface area contributed by atoms with Crippen molar-refractivity contribution in [3.05, 3.63) is 120 Å². The summed E-state index contributed by atoms with van der Waals surface area (Å²) in [4.78, 5) is 42.8. The van der Waals surface area contributed by atoms with Crippen molar-refractivity contribution in [1.82, 2.24) is 46.9 Å². The van der Waals surface area contributed by atoms with Gasteiger partial charge in [0.1, 0.15) is 0 Å². The topological polar surface area (TPSA) is 256 Å². The van der Waals surface area contributed by atoms with Crippen molar-refractivity contribution in [2.24, 2.45) is 11.8 Å². The van der Waals surface area contributed by atoms with Gasteiger partial charge in [0.05, 0.1) is 45.4 Å². The average molecular weight is 1030 g/mol. The molecule has 2 fully saturated rings. The van der Waals surface area contributed by atoms with Crippen LogP contribution in [0.25, 0.3) is 33.6 Å². The smallest absolute Gasteiger partial charge is 0.303 e. The molecular weight excluding hydrogens is 969 g/mol. The lowest BCUT2D eigenvalue weighted by Gasteiger charge is -2.17. The van der Waals surface area contributed by atoms with Crippen LogP contribution >= 0.6 is 0 Å². The Bertz CT molecular complexity index is 3610. The lowest BCUT2D eigenvalue weighted by molar-refractivity contribution is -0.137. The number of benzene rings is 2. The monoisotopic (exact) mass is 1030 g/mol. The first-order valence-electron chi connectivity index (χ1n) is 24.4. The van der Waals surface area contributed by atoms with E-state index in [9.17, 15) is 26.4 Å². The van der Waals surface area contributed by atoms with E-state index < -0.39 is 26.0 Å². The number of fused-ring (bicyclic) bond motifs is 6. The third-order valence-electron chi connectivity index (χ3n) is 13.8. The number of aromatic nitrogens is 8. The predicted molar refractivity (Wildman–Crippen MR) is 274 cm³/mol. The maximum Gasteiger partial charge on any atom is 0.303 e. The van der Waals surface area contributed by atoms with Crippen LogP contribution in [0.5, 0.6) is 0 Å². The SMILES string of the molecule is CC[C@@H]1CN(C(=O)CCCC#N)C[C@@H]1c1cnc2cnc3c(ccn3S(=O)(=O)c3ccc(C)cc3)n12.CC[C@@H]1CNC[C@@H]1c1cnc2cnc3c(ccn3S(=O)(=O)c3ccc(C)cc3)n12.N#CCCCC(=O)O. The summed E-state index contributed by atoms with van der Waals surface area (Å²) in [6.07, 6.45) is 14.3. The molecule has 6 aromatic heterocycles. The zero-order valence-electron chi connectivity index (χ0n) is 41.2. The molecule has 19 nitrogen and oxygen atoms in total. The predicted octanol–water partition coefficient (Wildman–Crippen LogP) is 7.58. The second-order valence-electron chi connectivity index (χ2n) is 18.5. The highest BCUT2D eigenvalue weighted by molar-refractivity contribution is 7.90. The number of nitrogens with one attached hydrogen (secondary N) is 1. The number of carboxylic acids is 1. The Morgan fingerprint density at radius 2 is 1.12 bits per heavy atom. The molecule has 1 amide bonds. The largest absolute Gasteiger partial charge is 0.481 e. The normalized spacial score (nSPS) is 17.8. The summed E-state index contributed by atoms with van der Waals surface area (Å²) in [5, 5.41) is 28.2. The Hall–Kier alpha value is -7.46. The number of aryl methyl sites for hydroxylation is 2. The second kappa shape index (κ2) is 22.1. The lowest BCUT2D eigenvalue weighted by atomic mass is 9.91. The molecule has 2 aromatic carbocycles.